The van der Waals surface area contributed by atoms with Gasteiger partial charge >= 0.3 is 0 Å². The highest BCUT2D eigenvalue weighted by Gasteiger charge is 2.49. The van der Waals surface area contributed by atoms with Crippen LogP contribution in [0.2, 0.25) is 0 Å². The summed E-state index contributed by atoms with van der Waals surface area (Å²) in [7, 11) is 0. The molecule has 7 aromatic rings. The highest BCUT2D eigenvalue weighted by molar-refractivity contribution is 7.26. The number of hydrogen-bond donors (Lipinski definition) is 0. The minimum Gasteiger partial charge on any atom is -0.317 e. The summed E-state index contributed by atoms with van der Waals surface area (Å²) in [4.78, 5) is 2.62. The van der Waals surface area contributed by atoms with Crippen LogP contribution >= 0.6 is 22.7 Å². The van der Waals surface area contributed by atoms with Gasteiger partial charge in [-0.2, -0.15) is 4.58 Å². The van der Waals surface area contributed by atoms with E-state index in [-0.39, 0.29) is 6.04 Å². The van der Waals surface area contributed by atoms with Gasteiger partial charge in [0.05, 0.1) is 5.69 Å². The Kier molecular flexibility index (Phi) is 4.04. The summed E-state index contributed by atoms with van der Waals surface area (Å²) in [6.45, 7) is 0. The summed E-state index contributed by atoms with van der Waals surface area (Å²) in [5, 5.41) is 5.39. The monoisotopic (exact) mass is 545 g/mol. The van der Waals surface area contributed by atoms with Gasteiger partial charge in [0.25, 0.3) is 0 Å². The quantitative estimate of drug-likeness (QED) is 0.186. The summed E-state index contributed by atoms with van der Waals surface area (Å²) >= 11 is 3.77. The molecule has 0 saturated carbocycles. The maximum atomic E-state index is 2.62. The van der Waals surface area contributed by atoms with Crippen LogP contribution in [0.15, 0.2) is 121 Å². The maximum absolute atomic E-state index is 2.62. The number of allylic oxidation sites excluding steroid dienone is 2. The van der Waals surface area contributed by atoms with Gasteiger partial charge in [-0.25, -0.2) is 0 Å². The van der Waals surface area contributed by atoms with E-state index in [1.54, 1.807) is 0 Å². The molecule has 5 aromatic carbocycles. The van der Waals surface area contributed by atoms with Gasteiger partial charge in [-0.15, -0.1) is 22.7 Å². The molecule has 1 aliphatic carbocycles. The fraction of sp³-hybridized carbons (Fsp3) is 0.0278. The maximum Gasteiger partial charge on any atom is 0.235 e. The molecule has 2 nitrogen and oxygen atoms in total. The molecule has 0 fully saturated rings. The lowest BCUT2D eigenvalue weighted by Crippen LogP contribution is -2.43. The summed E-state index contributed by atoms with van der Waals surface area (Å²) in [6.07, 6.45) is 6.89. The van der Waals surface area contributed by atoms with E-state index in [4.69, 9.17) is 0 Å². The van der Waals surface area contributed by atoms with Crippen LogP contribution in [-0.2, 0) is 0 Å². The molecule has 2 aliphatic heterocycles. The fourth-order valence-corrected chi connectivity index (χ4v) is 9.30. The molecule has 0 amide bonds. The first-order chi connectivity index (χ1) is 19.8. The molecule has 2 aromatic heterocycles. The highest BCUT2D eigenvalue weighted by atomic mass is 32.1. The van der Waals surface area contributed by atoms with E-state index in [0.29, 0.717) is 0 Å². The minimum absolute atomic E-state index is 0.133. The first-order valence-corrected chi connectivity index (χ1v) is 15.3. The highest BCUT2D eigenvalue weighted by Crippen LogP contribution is 2.56. The molecule has 0 spiro atoms. The molecule has 0 radical (unpaired) electrons. The van der Waals surface area contributed by atoms with Crippen LogP contribution in [0.4, 0.5) is 22.7 Å². The van der Waals surface area contributed by atoms with Crippen LogP contribution < -0.4 is 9.48 Å². The van der Waals surface area contributed by atoms with Crippen molar-refractivity contribution in [2.75, 3.05) is 4.90 Å². The van der Waals surface area contributed by atoms with Gasteiger partial charge in [-0.1, -0.05) is 66.7 Å². The van der Waals surface area contributed by atoms with E-state index in [0.717, 1.165) is 0 Å². The molecule has 4 heteroatoms. The van der Waals surface area contributed by atoms with Crippen LogP contribution in [0, 0.1) is 0 Å². The molecule has 10 rings (SSSR count). The standard InChI is InChI=1S/C36H21N2S2/c1-5-14-30-22(8-1)26-20-21(16-18-32(26)39-30)37-27-11-3-4-12-28(27)38-35-23(10-7-13-29(35)37)24-17-19-33-34(36(24)38)25-9-2-6-15-31(25)40-33/h1-20,35H/q+1. The van der Waals surface area contributed by atoms with Crippen molar-refractivity contribution in [3.63, 3.8) is 0 Å². The van der Waals surface area contributed by atoms with E-state index >= 15 is 0 Å². The normalized spacial score (nSPS) is 17.1. The molecule has 40 heavy (non-hydrogen) atoms. The van der Waals surface area contributed by atoms with Crippen molar-refractivity contribution in [1.82, 2.24) is 4.58 Å². The third kappa shape index (κ3) is 2.61. The molecule has 4 heterocycles. The van der Waals surface area contributed by atoms with Gasteiger partial charge in [0, 0.05) is 70.2 Å². The lowest BCUT2D eigenvalue weighted by atomic mass is 9.92. The van der Waals surface area contributed by atoms with E-state index < -0.39 is 0 Å². The Balaban J connectivity index is 1.29. The largest absolute Gasteiger partial charge is 0.317 e. The number of para-hydroxylation sites is 2. The molecular formula is C36H21N2S2+. The Morgan fingerprint density at radius 3 is 2.30 bits per heavy atom. The van der Waals surface area contributed by atoms with Crippen LogP contribution in [0.25, 0.3) is 45.9 Å². The van der Waals surface area contributed by atoms with E-state index in [1.807, 2.05) is 22.7 Å². The minimum atomic E-state index is 0.133. The van der Waals surface area contributed by atoms with Crippen LogP contribution in [0.1, 0.15) is 5.56 Å². The van der Waals surface area contributed by atoms with Gasteiger partial charge in [0.1, 0.15) is 11.7 Å². The lowest BCUT2D eigenvalue weighted by molar-refractivity contribution is 0.934. The Hall–Kier alpha value is -4.51. The number of nitrogens with zero attached hydrogens (tertiary/aromatic N) is 2. The van der Waals surface area contributed by atoms with Gasteiger partial charge in [0.15, 0.2) is 0 Å². The van der Waals surface area contributed by atoms with Crippen molar-refractivity contribution in [2.24, 2.45) is 0 Å². The van der Waals surface area contributed by atoms with Crippen molar-refractivity contribution in [3.8, 4) is 0 Å². The average molecular weight is 546 g/mol. The zero-order chi connectivity index (χ0) is 25.9. The number of rotatable bonds is 1. The number of hydrogen-bond acceptors (Lipinski definition) is 3. The second kappa shape index (κ2) is 7.57. The van der Waals surface area contributed by atoms with Gasteiger partial charge in [-0.05, 0) is 35.9 Å². The third-order valence-electron chi connectivity index (χ3n) is 8.70. The number of fused-ring (bicyclic) bond motifs is 12. The topological polar surface area (TPSA) is 6.25 Å². The smallest absolute Gasteiger partial charge is 0.235 e. The first kappa shape index (κ1) is 21.3. The Morgan fingerprint density at radius 1 is 0.650 bits per heavy atom. The summed E-state index contributed by atoms with van der Waals surface area (Å²) in [5.41, 5.74) is 9.08. The fourth-order valence-electron chi connectivity index (χ4n) is 7.11. The molecule has 186 valence electrons. The summed E-state index contributed by atoms with van der Waals surface area (Å²) < 4.78 is 7.87. The van der Waals surface area contributed by atoms with Crippen molar-refractivity contribution >= 4 is 97.1 Å². The summed E-state index contributed by atoms with van der Waals surface area (Å²) in [6, 6.07) is 38.4. The van der Waals surface area contributed by atoms with Gasteiger partial charge in [-0.3, -0.25) is 0 Å². The second-order valence-electron chi connectivity index (χ2n) is 10.7. The van der Waals surface area contributed by atoms with Crippen LogP contribution in [-0.4, -0.2) is 11.8 Å². The SMILES string of the molecule is C1=CC2=[N+](c3ccc4sc5ccccc5c4c3)c3ccccc3N3c4c(ccc5sc6ccccc6c45)C(=C1)C23. The summed E-state index contributed by atoms with van der Waals surface area (Å²) in [5.74, 6) is 0. The van der Waals surface area contributed by atoms with E-state index in [1.165, 1.54) is 79.9 Å². The van der Waals surface area contributed by atoms with E-state index in [2.05, 4.69) is 131 Å². The Bertz CT molecular complexity index is 2350. The first-order valence-electron chi connectivity index (χ1n) is 13.6. The van der Waals surface area contributed by atoms with Crippen molar-refractivity contribution < 1.29 is 0 Å². The predicted octanol–water partition coefficient (Wildman–Crippen LogP) is 10.2. The van der Waals surface area contributed by atoms with Crippen LogP contribution in [0.3, 0.4) is 0 Å². The predicted molar refractivity (Wildman–Crippen MR) is 175 cm³/mol. The number of anilines is 2. The van der Waals surface area contributed by atoms with Crippen molar-refractivity contribution in [1.29, 1.82) is 0 Å². The molecule has 3 aliphatic rings. The molecule has 1 unspecified atom stereocenters. The number of thiophene rings is 2. The molecular weight excluding hydrogens is 525 g/mol. The zero-order valence-corrected chi connectivity index (χ0v) is 23.0. The van der Waals surface area contributed by atoms with Crippen molar-refractivity contribution in [3.05, 3.63) is 127 Å². The van der Waals surface area contributed by atoms with E-state index in [9.17, 15) is 0 Å². The third-order valence-corrected chi connectivity index (χ3v) is 11.0. The molecule has 1 atom stereocenters. The van der Waals surface area contributed by atoms with Crippen LogP contribution in [0.5, 0.6) is 0 Å². The Labute approximate surface area is 238 Å². The lowest BCUT2D eigenvalue weighted by Gasteiger charge is -2.33. The van der Waals surface area contributed by atoms with Gasteiger partial charge in [0.2, 0.25) is 17.1 Å². The molecule has 0 bridgehead atoms. The zero-order valence-electron chi connectivity index (χ0n) is 21.3. The van der Waals surface area contributed by atoms with Crippen molar-refractivity contribution in [2.45, 2.75) is 6.04 Å². The average Bonchev–Trinajstić information content (AvgIpc) is 3.67. The number of benzene rings is 5. The molecule has 0 saturated heterocycles. The second-order valence-corrected chi connectivity index (χ2v) is 12.9. The van der Waals surface area contributed by atoms with Gasteiger partial charge < -0.3 is 4.90 Å². The molecule has 0 N–H and O–H groups in total. The Morgan fingerprint density at radius 2 is 1.38 bits per heavy atom.